The minimum Gasteiger partial charge on any atom is -0.508 e. The number of hydrogen-bond donors (Lipinski definition) is 2. The highest BCUT2D eigenvalue weighted by atomic mass is 16.5. The molecular formula is C23H26N2O4. The average molecular weight is 394 g/mol. The number of nitrogens with zero attached hydrogens (tertiary/aromatic N) is 1. The molecule has 1 aliphatic rings. The van der Waals surface area contributed by atoms with Crippen LogP contribution in [0.25, 0.3) is 10.9 Å². The van der Waals surface area contributed by atoms with Crippen molar-refractivity contribution in [3.63, 3.8) is 0 Å². The summed E-state index contributed by atoms with van der Waals surface area (Å²) in [6, 6.07) is 12.9. The van der Waals surface area contributed by atoms with E-state index in [-0.39, 0.29) is 24.2 Å². The maximum absolute atomic E-state index is 13.3. The van der Waals surface area contributed by atoms with Gasteiger partial charge in [-0.3, -0.25) is 4.79 Å². The molecule has 1 saturated heterocycles. The van der Waals surface area contributed by atoms with Crippen LogP contribution in [0.4, 0.5) is 0 Å². The van der Waals surface area contributed by atoms with Gasteiger partial charge >= 0.3 is 0 Å². The normalized spacial score (nSPS) is 16.2. The zero-order valence-electron chi connectivity index (χ0n) is 16.6. The van der Waals surface area contributed by atoms with Crippen LogP contribution >= 0.6 is 0 Å². The number of methoxy groups -OCH3 is 1. The summed E-state index contributed by atoms with van der Waals surface area (Å²) in [5.74, 6) is 0.971. The molecule has 2 heterocycles. The molecule has 0 saturated carbocycles. The summed E-state index contributed by atoms with van der Waals surface area (Å²) < 4.78 is 11.1. The molecule has 6 heteroatoms. The third-order valence-corrected chi connectivity index (χ3v) is 5.47. The van der Waals surface area contributed by atoms with Gasteiger partial charge in [-0.25, -0.2) is 0 Å². The number of phenolic OH excluding ortho intramolecular Hbond substituents is 1. The first-order chi connectivity index (χ1) is 14.1. The molecule has 1 aromatic heterocycles. The van der Waals surface area contributed by atoms with E-state index < -0.39 is 0 Å². The first-order valence-corrected chi connectivity index (χ1v) is 9.94. The fourth-order valence-electron chi connectivity index (χ4n) is 3.84. The third kappa shape index (κ3) is 4.38. The number of carbonyl (C=O) groups is 1. The highest BCUT2D eigenvalue weighted by Crippen LogP contribution is 2.25. The van der Waals surface area contributed by atoms with Crippen LogP contribution in [-0.4, -0.2) is 47.3 Å². The largest absolute Gasteiger partial charge is 0.508 e. The Morgan fingerprint density at radius 2 is 2.14 bits per heavy atom. The van der Waals surface area contributed by atoms with E-state index in [4.69, 9.17) is 9.47 Å². The Hall–Kier alpha value is -2.99. The van der Waals surface area contributed by atoms with Crippen molar-refractivity contribution in [1.29, 1.82) is 0 Å². The number of ether oxygens (including phenoxy) is 2. The van der Waals surface area contributed by atoms with Gasteiger partial charge in [0.15, 0.2) is 0 Å². The van der Waals surface area contributed by atoms with Gasteiger partial charge in [0.05, 0.1) is 19.6 Å². The summed E-state index contributed by atoms with van der Waals surface area (Å²) in [7, 11) is 1.63. The molecule has 4 rings (SSSR count). The Kier molecular flexibility index (Phi) is 5.71. The van der Waals surface area contributed by atoms with E-state index in [0.29, 0.717) is 13.1 Å². The van der Waals surface area contributed by atoms with Crippen molar-refractivity contribution in [2.45, 2.75) is 31.9 Å². The average Bonchev–Trinajstić information content (AvgIpc) is 3.38. The first-order valence-electron chi connectivity index (χ1n) is 9.94. The Morgan fingerprint density at radius 3 is 2.90 bits per heavy atom. The molecule has 0 bridgehead atoms. The van der Waals surface area contributed by atoms with Gasteiger partial charge in [0, 0.05) is 42.4 Å². The first kappa shape index (κ1) is 19.3. The molecule has 1 unspecified atom stereocenters. The van der Waals surface area contributed by atoms with Crippen molar-refractivity contribution in [3.05, 3.63) is 59.8 Å². The van der Waals surface area contributed by atoms with Gasteiger partial charge in [-0.15, -0.1) is 0 Å². The Labute approximate surface area is 170 Å². The zero-order chi connectivity index (χ0) is 20.2. The van der Waals surface area contributed by atoms with Crippen LogP contribution in [0.2, 0.25) is 0 Å². The fourth-order valence-corrected chi connectivity index (χ4v) is 3.84. The van der Waals surface area contributed by atoms with Gasteiger partial charge in [0.25, 0.3) is 0 Å². The van der Waals surface area contributed by atoms with Gasteiger partial charge in [0.2, 0.25) is 5.91 Å². The van der Waals surface area contributed by atoms with E-state index >= 15 is 0 Å². The van der Waals surface area contributed by atoms with Gasteiger partial charge < -0.3 is 24.5 Å². The van der Waals surface area contributed by atoms with E-state index in [1.165, 1.54) is 0 Å². The molecule has 6 nitrogen and oxygen atoms in total. The minimum absolute atomic E-state index is 0.00692. The third-order valence-electron chi connectivity index (χ3n) is 5.47. The number of nitrogens with one attached hydrogen (secondary N) is 1. The summed E-state index contributed by atoms with van der Waals surface area (Å²) in [6.45, 7) is 1.63. The number of amides is 1. The molecular weight excluding hydrogens is 368 g/mol. The number of para-hydroxylation sites is 1. The van der Waals surface area contributed by atoms with Crippen molar-refractivity contribution >= 4 is 16.8 Å². The smallest absolute Gasteiger partial charge is 0.227 e. The number of carbonyl (C=O) groups excluding carboxylic acids is 1. The van der Waals surface area contributed by atoms with Gasteiger partial charge in [-0.2, -0.15) is 0 Å². The van der Waals surface area contributed by atoms with E-state index in [9.17, 15) is 9.90 Å². The summed E-state index contributed by atoms with van der Waals surface area (Å²) in [5, 5.41) is 11.2. The predicted octanol–water partition coefficient (Wildman–Crippen LogP) is 3.63. The summed E-state index contributed by atoms with van der Waals surface area (Å²) in [5.41, 5.74) is 2.64. The number of phenols is 1. The maximum Gasteiger partial charge on any atom is 0.227 e. The number of aromatic nitrogens is 1. The van der Waals surface area contributed by atoms with Crippen LogP contribution in [0.15, 0.2) is 48.7 Å². The number of rotatable bonds is 7. The van der Waals surface area contributed by atoms with Crippen molar-refractivity contribution < 1.29 is 19.4 Å². The van der Waals surface area contributed by atoms with E-state index in [1.54, 1.807) is 24.1 Å². The lowest BCUT2D eigenvalue weighted by Crippen LogP contribution is -2.37. The Balaban J connectivity index is 1.56. The highest BCUT2D eigenvalue weighted by Gasteiger charge is 2.24. The topological polar surface area (TPSA) is 74.8 Å². The van der Waals surface area contributed by atoms with Crippen LogP contribution < -0.4 is 4.74 Å². The van der Waals surface area contributed by atoms with Gasteiger partial charge in [-0.1, -0.05) is 18.2 Å². The van der Waals surface area contributed by atoms with Crippen LogP contribution in [0.1, 0.15) is 24.0 Å². The fraction of sp³-hybridized carbons (Fsp3) is 0.348. The van der Waals surface area contributed by atoms with E-state index in [2.05, 4.69) is 4.98 Å². The molecule has 1 amide bonds. The lowest BCUT2D eigenvalue weighted by atomic mass is 10.1. The number of fused-ring (bicyclic) bond motifs is 1. The van der Waals surface area contributed by atoms with Crippen molar-refractivity contribution in [2.75, 3.05) is 20.3 Å². The number of aromatic hydroxyl groups is 1. The quantitative estimate of drug-likeness (QED) is 0.642. The zero-order valence-corrected chi connectivity index (χ0v) is 16.6. The SMILES string of the molecule is COc1ccc2[nH]cc(CC(=O)N(Cc3ccccc3O)CC3CCCO3)c2c1. The van der Waals surface area contributed by atoms with Crippen molar-refractivity contribution in [1.82, 2.24) is 9.88 Å². The molecule has 152 valence electrons. The van der Waals surface area contributed by atoms with E-state index in [0.717, 1.165) is 47.2 Å². The molecule has 1 atom stereocenters. The molecule has 3 aromatic rings. The van der Waals surface area contributed by atoms with Crippen LogP contribution in [0.5, 0.6) is 11.5 Å². The second kappa shape index (κ2) is 8.57. The summed E-state index contributed by atoms with van der Waals surface area (Å²) >= 11 is 0. The predicted molar refractivity (Wildman–Crippen MR) is 111 cm³/mol. The molecule has 0 aliphatic carbocycles. The highest BCUT2D eigenvalue weighted by molar-refractivity contribution is 5.89. The second-order valence-electron chi connectivity index (χ2n) is 7.44. The Bertz CT molecular complexity index is 991. The summed E-state index contributed by atoms with van der Waals surface area (Å²) in [6.07, 6.45) is 4.17. The second-order valence-corrected chi connectivity index (χ2v) is 7.44. The van der Waals surface area contributed by atoms with Crippen molar-refractivity contribution in [3.8, 4) is 11.5 Å². The lowest BCUT2D eigenvalue weighted by Gasteiger charge is -2.26. The molecule has 0 radical (unpaired) electrons. The monoisotopic (exact) mass is 394 g/mol. The van der Waals surface area contributed by atoms with Crippen LogP contribution in [0, 0.1) is 0 Å². The number of aromatic amines is 1. The van der Waals surface area contributed by atoms with Crippen LogP contribution in [-0.2, 0) is 22.5 Å². The van der Waals surface area contributed by atoms with Gasteiger partial charge in [0.1, 0.15) is 11.5 Å². The summed E-state index contributed by atoms with van der Waals surface area (Å²) in [4.78, 5) is 18.3. The molecule has 1 fully saturated rings. The standard InChI is InChI=1S/C23H26N2O4/c1-28-18-8-9-21-20(12-18)17(13-24-21)11-23(27)25(15-19-6-4-10-29-19)14-16-5-2-3-7-22(16)26/h2-3,5,7-9,12-13,19,24,26H,4,6,10-11,14-15H2,1H3. The molecule has 29 heavy (non-hydrogen) atoms. The lowest BCUT2D eigenvalue weighted by molar-refractivity contribution is -0.132. The number of benzene rings is 2. The van der Waals surface area contributed by atoms with Crippen molar-refractivity contribution in [2.24, 2.45) is 0 Å². The Morgan fingerprint density at radius 1 is 1.28 bits per heavy atom. The molecule has 1 aliphatic heterocycles. The molecule has 2 aromatic carbocycles. The number of hydrogen-bond acceptors (Lipinski definition) is 4. The van der Waals surface area contributed by atoms with E-state index in [1.807, 2.05) is 36.5 Å². The maximum atomic E-state index is 13.3. The number of H-pyrrole nitrogens is 1. The molecule has 0 spiro atoms. The van der Waals surface area contributed by atoms with Gasteiger partial charge in [-0.05, 0) is 42.7 Å². The molecule has 2 N–H and O–H groups in total. The van der Waals surface area contributed by atoms with Crippen LogP contribution in [0.3, 0.4) is 0 Å². The minimum atomic E-state index is 0.00692.